The second kappa shape index (κ2) is 10.9. The summed E-state index contributed by atoms with van der Waals surface area (Å²) < 4.78 is 46.3. The molecule has 0 radical (unpaired) electrons. The molecule has 1 heterocycles. The lowest BCUT2D eigenvalue weighted by Gasteiger charge is -2.45. The minimum Gasteiger partial charge on any atom is -0.401 e. The molecule has 0 N–H and O–H groups in total. The highest BCUT2D eigenvalue weighted by atomic mass is 31.2. The maximum atomic E-state index is 13.8. The van der Waals surface area contributed by atoms with Crippen molar-refractivity contribution in [2.24, 2.45) is 11.3 Å². The Morgan fingerprint density at radius 3 is 1.88 bits per heavy atom. The second-order valence-electron chi connectivity index (χ2n) is 13.9. The van der Waals surface area contributed by atoms with Gasteiger partial charge >= 0.3 is 7.60 Å². The van der Waals surface area contributed by atoms with Gasteiger partial charge in [0.1, 0.15) is 6.10 Å². The summed E-state index contributed by atoms with van der Waals surface area (Å²) in [5.41, 5.74) is -0.356. The van der Waals surface area contributed by atoms with E-state index in [0.29, 0.717) is 0 Å². The van der Waals surface area contributed by atoms with Crippen molar-refractivity contribution in [2.75, 3.05) is 0 Å². The summed E-state index contributed by atoms with van der Waals surface area (Å²) in [6, 6.07) is 21.4. The standard InChI is InChI=1S/C33H47O6PSi/c1-23(2)37-40(34,38-24(3)4)21-20-33-22-27(33)28(29-30(33)36-32(8,9)35-29)39-41(31(5,6)7,25-16-12-10-13-17-25)26-18-14-11-15-19-26/h10-21,23-24,27-30H,22H2,1-9H3/b21-20+/t27-,28+,29+,30+,33-/m1/s1. The Bertz CT molecular complexity index is 1230. The van der Waals surface area contributed by atoms with E-state index in [9.17, 15) is 4.57 Å². The van der Waals surface area contributed by atoms with E-state index in [2.05, 4.69) is 81.4 Å². The summed E-state index contributed by atoms with van der Waals surface area (Å²) in [5, 5.41) is 2.31. The molecule has 5 atom stereocenters. The lowest BCUT2D eigenvalue weighted by atomic mass is 10.00. The first-order valence-corrected chi connectivity index (χ1v) is 18.5. The van der Waals surface area contributed by atoms with Gasteiger partial charge in [-0.3, -0.25) is 4.57 Å². The molecule has 5 rings (SSSR count). The molecule has 8 heteroatoms. The zero-order valence-electron chi connectivity index (χ0n) is 26.0. The zero-order chi connectivity index (χ0) is 29.8. The van der Waals surface area contributed by atoms with Crippen LogP contribution in [0.25, 0.3) is 0 Å². The van der Waals surface area contributed by atoms with Crippen LogP contribution in [0.1, 0.15) is 68.7 Å². The topological polar surface area (TPSA) is 63.2 Å². The Kier molecular flexibility index (Phi) is 8.17. The Hall–Kier alpha value is -1.57. The molecule has 0 unspecified atom stereocenters. The summed E-state index contributed by atoms with van der Waals surface area (Å²) in [7, 11) is -6.30. The SMILES string of the molecule is CC(C)OP(=O)(/C=C/[C@@]12C[C@@H]1[C@H](O[Si](c1ccccc1)(c1ccccc1)C(C)(C)C)[C@@H]1OC(C)(C)O[C@@H]12)OC(C)C. The van der Waals surface area contributed by atoms with Gasteiger partial charge in [0.25, 0.3) is 8.32 Å². The minimum atomic E-state index is -3.46. The van der Waals surface area contributed by atoms with Crippen LogP contribution in [-0.4, -0.2) is 44.6 Å². The van der Waals surface area contributed by atoms with Crippen LogP contribution in [0.15, 0.2) is 72.6 Å². The van der Waals surface area contributed by atoms with Gasteiger partial charge in [-0.2, -0.15) is 0 Å². The average molecular weight is 599 g/mol. The van der Waals surface area contributed by atoms with Crippen LogP contribution >= 0.6 is 7.60 Å². The Balaban J connectivity index is 1.58. The van der Waals surface area contributed by atoms with Gasteiger partial charge < -0.3 is 22.9 Å². The van der Waals surface area contributed by atoms with E-state index in [0.717, 1.165) is 6.42 Å². The molecule has 6 nitrogen and oxygen atoms in total. The van der Waals surface area contributed by atoms with E-state index in [4.69, 9.17) is 22.9 Å². The first-order chi connectivity index (χ1) is 19.1. The van der Waals surface area contributed by atoms with Gasteiger partial charge in [0.2, 0.25) is 0 Å². The van der Waals surface area contributed by atoms with Crippen LogP contribution in [-0.2, 0) is 27.5 Å². The fourth-order valence-electron chi connectivity index (χ4n) is 6.99. The monoisotopic (exact) mass is 598 g/mol. The number of rotatable bonds is 10. The van der Waals surface area contributed by atoms with Crippen molar-refractivity contribution < 1.29 is 27.5 Å². The van der Waals surface area contributed by atoms with Gasteiger partial charge in [-0.15, -0.1) is 0 Å². The molecule has 0 spiro atoms. The molecule has 224 valence electrons. The Morgan fingerprint density at radius 2 is 1.41 bits per heavy atom. The van der Waals surface area contributed by atoms with Gasteiger partial charge in [0, 0.05) is 11.2 Å². The maximum Gasteiger partial charge on any atom is 0.354 e. The average Bonchev–Trinajstić information content (AvgIpc) is 3.44. The zero-order valence-corrected chi connectivity index (χ0v) is 27.9. The molecule has 2 saturated carbocycles. The van der Waals surface area contributed by atoms with Gasteiger partial charge in [0.05, 0.1) is 24.4 Å². The molecule has 0 aromatic heterocycles. The van der Waals surface area contributed by atoms with E-state index in [1.165, 1.54) is 10.4 Å². The van der Waals surface area contributed by atoms with Crippen molar-refractivity contribution in [1.29, 1.82) is 0 Å². The first-order valence-electron chi connectivity index (χ1n) is 14.9. The highest BCUT2D eigenvalue weighted by Crippen LogP contribution is 2.70. The molecule has 2 aromatic rings. The van der Waals surface area contributed by atoms with Crippen LogP contribution in [0.2, 0.25) is 5.04 Å². The van der Waals surface area contributed by atoms with Gasteiger partial charge in [-0.1, -0.05) is 87.5 Å². The van der Waals surface area contributed by atoms with Crippen LogP contribution in [0.4, 0.5) is 0 Å². The normalized spacial score (nSPS) is 29.3. The molecular formula is C33H47O6PSi. The molecular weight excluding hydrogens is 551 g/mol. The lowest BCUT2D eigenvalue weighted by molar-refractivity contribution is -0.164. The molecule has 0 amide bonds. The third-order valence-electron chi connectivity index (χ3n) is 8.50. The van der Waals surface area contributed by atoms with Crippen molar-refractivity contribution in [1.82, 2.24) is 0 Å². The van der Waals surface area contributed by atoms with E-state index >= 15 is 0 Å². The Labute approximate surface area is 247 Å². The van der Waals surface area contributed by atoms with Crippen molar-refractivity contribution in [2.45, 2.75) is 110 Å². The van der Waals surface area contributed by atoms with Gasteiger partial charge in [-0.05, 0) is 69.3 Å². The highest BCUT2D eigenvalue weighted by molar-refractivity contribution is 7.57. The number of hydrogen-bond donors (Lipinski definition) is 0. The number of ether oxygens (including phenoxy) is 2. The van der Waals surface area contributed by atoms with Crippen molar-refractivity contribution in [3.8, 4) is 0 Å². The van der Waals surface area contributed by atoms with E-state index in [1.807, 2.05) is 47.6 Å². The van der Waals surface area contributed by atoms with Crippen molar-refractivity contribution in [3.05, 3.63) is 72.6 Å². The van der Waals surface area contributed by atoms with E-state index in [-0.39, 0.29) is 46.9 Å². The largest absolute Gasteiger partial charge is 0.401 e. The molecule has 0 bridgehead atoms. The fourth-order valence-corrected chi connectivity index (χ4v) is 13.5. The summed E-state index contributed by atoms with van der Waals surface area (Å²) >= 11 is 0. The second-order valence-corrected chi connectivity index (χ2v) is 19.9. The summed E-state index contributed by atoms with van der Waals surface area (Å²) in [5.74, 6) is 1.09. The predicted octanol–water partition coefficient (Wildman–Crippen LogP) is 7.03. The molecule has 2 aliphatic carbocycles. The smallest absolute Gasteiger partial charge is 0.354 e. The van der Waals surface area contributed by atoms with Crippen molar-refractivity contribution >= 4 is 26.3 Å². The fraction of sp³-hybridized carbons (Fsp3) is 0.576. The molecule has 2 aromatic carbocycles. The maximum absolute atomic E-state index is 13.8. The number of fused-ring (bicyclic) bond motifs is 3. The van der Waals surface area contributed by atoms with Crippen molar-refractivity contribution in [3.63, 3.8) is 0 Å². The van der Waals surface area contributed by atoms with E-state index < -0.39 is 21.7 Å². The van der Waals surface area contributed by atoms with Crippen LogP contribution in [0.3, 0.4) is 0 Å². The summed E-state index contributed by atoms with van der Waals surface area (Å²) in [6.07, 6.45) is 1.80. The number of benzene rings is 2. The van der Waals surface area contributed by atoms with Gasteiger partial charge in [0.15, 0.2) is 5.79 Å². The van der Waals surface area contributed by atoms with E-state index in [1.54, 1.807) is 5.82 Å². The molecule has 1 saturated heterocycles. The quantitative estimate of drug-likeness (QED) is 0.216. The van der Waals surface area contributed by atoms with Crippen LogP contribution in [0, 0.1) is 11.3 Å². The van der Waals surface area contributed by atoms with Gasteiger partial charge in [-0.25, -0.2) is 0 Å². The summed E-state index contributed by atoms with van der Waals surface area (Å²) in [4.78, 5) is 0. The lowest BCUT2D eigenvalue weighted by Crippen LogP contribution is -2.68. The molecule has 3 fully saturated rings. The Morgan fingerprint density at radius 1 is 0.902 bits per heavy atom. The van der Waals surface area contributed by atoms with Crippen LogP contribution < -0.4 is 10.4 Å². The molecule has 1 aliphatic heterocycles. The molecule has 3 aliphatic rings. The third kappa shape index (κ3) is 5.72. The number of hydrogen-bond acceptors (Lipinski definition) is 6. The molecule has 41 heavy (non-hydrogen) atoms. The summed E-state index contributed by atoms with van der Waals surface area (Å²) in [6.45, 7) is 18.3. The third-order valence-corrected chi connectivity index (χ3v) is 15.5. The minimum absolute atomic E-state index is 0.165. The highest BCUT2D eigenvalue weighted by Gasteiger charge is 2.76. The van der Waals surface area contributed by atoms with Crippen LogP contribution in [0.5, 0.6) is 0 Å². The first kappa shape index (κ1) is 30.9. The predicted molar refractivity (Wildman–Crippen MR) is 166 cm³/mol.